The smallest absolute Gasteiger partial charge is 0.0764 e. The van der Waals surface area contributed by atoms with Crippen molar-refractivity contribution >= 4 is 0 Å². The van der Waals surface area contributed by atoms with E-state index < -0.39 is 0 Å². The predicted molar refractivity (Wildman–Crippen MR) is 88.8 cm³/mol. The molecule has 0 rings (SSSR count). The topological polar surface area (TPSA) is 33.3 Å². The first-order valence-electron chi connectivity index (χ1n) is 8.23. The minimum Gasteiger partial charge on any atom is -0.374 e. The summed E-state index contributed by atoms with van der Waals surface area (Å²) in [5.41, 5.74) is 7.02. The van der Waals surface area contributed by atoms with Crippen molar-refractivity contribution in [2.75, 3.05) is 13.2 Å². The highest BCUT2D eigenvalue weighted by molar-refractivity contribution is 4.74. The van der Waals surface area contributed by atoms with Crippen molar-refractivity contribution in [1.29, 1.82) is 0 Å². The molecule has 0 aromatic heterocycles. The molecule has 2 unspecified atom stereocenters. The Labute approximate surface area is 127 Å². The van der Waals surface area contributed by atoms with Gasteiger partial charge in [-0.1, -0.05) is 48.0 Å². The number of hydrazine groups is 1. The Bertz CT molecular complexity index is 246. The second-order valence-corrected chi connectivity index (χ2v) is 7.82. The zero-order valence-electron chi connectivity index (χ0n) is 15.1. The zero-order chi connectivity index (χ0) is 15.8. The maximum atomic E-state index is 6.01. The first-order valence-corrected chi connectivity index (χ1v) is 8.23. The van der Waals surface area contributed by atoms with Gasteiger partial charge < -0.3 is 4.74 Å². The van der Waals surface area contributed by atoms with Gasteiger partial charge in [0.1, 0.15) is 0 Å². The molecule has 2 atom stereocenters. The van der Waals surface area contributed by atoms with Gasteiger partial charge in [-0.3, -0.25) is 10.9 Å². The van der Waals surface area contributed by atoms with Crippen molar-refractivity contribution in [2.24, 2.45) is 11.3 Å². The average molecular weight is 287 g/mol. The van der Waals surface area contributed by atoms with Crippen molar-refractivity contribution in [3.8, 4) is 0 Å². The summed E-state index contributed by atoms with van der Waals surface area (Å²) in [4.78, 5) is 0. The van der Waals surface area contributed by atoms with Crippen molar-refractivity contribution in [3.05, 3.63) is 0 Å². The molecule has 0 saturated heterocycles. The largest absolute Gasteiger partial charge is 0.374 e. The van der Waals surface area contributed by atoms with Gasteiger partial charge in [-0.2, -0.15) is 0 Å². The van der Waals surface area contributed by atoms with E-state index in [0.717, 1.165) is 26.0 Å². The van der Waals surface area contributed by atoms with E-state index in [1.54, 1.807) is 0 Å². The lowest BCUT2D eigenvalue weighted by atomic mass is 9.93. The van der Waals surface area contributed by atoms with Crippen molar-refractivity contribution in [3.63, 3.8) is 0 Å². The molecular formula is C17H38N2O. The fraction of sp³-hybridized carbons (Fsp3) is 1.00. The molecule has 2 N–H and O–H groups in total. The number of hydrogen-bond donors (Lipinski definition) is 2. The Kier molecular flexibility index (Phi) is 8.96. The Hall–Kier alpha value is -0.120. The van der Waals surface area contributed by atoms with Crippen LogP contribution in [-0.2, 0) is 4.74 Å². The minimum atomic E-state index is -0.133. The Balaban J connectivity index is 3.97. The molecule has 0 aliphatic heterocycles. The van der Waals surface area contributed by atoms with Gasteiger partial charge in [0.05, 0.1) is 5.60 Å². The van der Waals surface area contributed by atoms with Crippen molar-refractivity contribution in [2.45, 2.75) is 86.3 Å². The summed E-state index contributed by atoms with van der Waals surface area (Å²) in [5.74, 6) is 0.692. The van der Waals surface area contributed by atoms with Crippen LogP contribution in [0.25, 0.3) is 0 Å². The molecule has 0 spiro atoms. The number of nitrogens with one attached hydrogen (secondary N) is 2. The van der Waals surface area contributed by atoms with Gasteiger partial charge in [-0.15, -0.1) is 0 Å². The van der Waals surface area contributed by atoms with Crippen LogP contribution in [0, 0.1) is 11.3 Å². The maximum absolute atomic E-state index is 6.01. The summed E-state index contributed by atoms with van der Waals surface area (Å²) in [6.07, 6.45) is 3.44. The van der Waals surface area contributed by atoms with E-state index in [4.69, 9.17) is 4.74 Å². The number of hydrogen-bond acceptors (Lipinski definition) is 3. The van der Waals surface area contributed by atoms with Crippen LogP contribution < -0.4 is 10.9 Å². The molecule has 0 amide bonds. The standard InChI is InChI=1S/C17H38N2O/c1-9-14(3)15(10-2)19-18-13-17(7,8)20-12-11-16(4,5)6/h14-15,18-19H,9-13H2,1-8H3. The molecule has 0 bridgehead atoms. The summed E-state index contributed by atoms with van der Waals surface area (Å²) < 4.78 is 6.01. The summed E-state index contributed by atoms with van der Waals surface area (Å²) >= 11 is 0. The normalized spacial score (nSPS) is 16.2. The van der Waals surface area contributed by atoms with Crippen LogP contribution in [0.4, 0.5) is 0 Å². The molecule has 3 nitrogen and oxygen atoms in total. The monoisotopic (exact) mass is 286 g/mol. The third-order valence-electron chi connectivity index (χ3n) is 3.92. The third-order valence-corrected chi connectivity index (χ3v) is 3.92. The minimum absolute atomic E-state index is 0.133. The van der Waals surface area contributed by atoms with Crippen molar-refractivity contribution < 1.29 is 4.74 Å². The highest BCUT2D eigenvalue weighted by Crippen LogP contribution is 2.20. The molecule has 0 aromatic rings. The molecule has 0 aliphatic carbocycles. The summed E-state index contributed by atoms with van der Waals surface area (Å²) in [5, 5.41) is 0. The first kappa shape index (κ1) is 19.9. The quantitative estimate of drug-likeness (QED) is 0.592. The fourth-order valence-electron chi connectivity index (χ4n) is 2.01. The molecule has 0 saturated carbocycles. The van der Waals surface area contributed by atoms with Gasteiger partial charge in [0, 0.05) is 19.2 Å². The predicted octanol–water partition coefficient (Wildman–Crippen LogP) is 4.14. The van der Waals surface area contributed by atoms with E-state index in [1.165, 1.54) is 6.42 Å². The molecule has 3 heteroatoms. The average Bonchev–Trinajstić information content (AvgIpc) is 2.31. The van der Waals surface area contributed by atoms with Gasteiger partial charge in [-0.25, -0.2) is 0 Å². The molecular weight excluding hydrogens is 248 g/mol. The van der Waals surface area contributed by atoms with E-state index in [2.05, 4.69) is 66.2 Å². The van der Waals surface area contributed by atoms with E-state index >= 15 is 0 Å². The lowest BCUT2D eigenvalue weighted by Gasteiger charge is -2.30. The van der Waals surface area contributed by atoms with Gasteiger partial charge in [0.25, 0.3) is 0 Å². The van der Waals surface area contributed by atoms with Crippen LogP contribution in [0.15, 0.2) is 0 Å². The first-order chi connectivity index (χ1) is 9.11. The van der Waals surface area contributed by atoms with E-state index in [0.29, 0.717) is 17.4 Å². The highest BCUT2D eigenvalue weighted by Gasteiger charge is 2.21. The van der Waals surface area contributed by atoms with Crippen LogP contribution in [0.5, 0.6) is 0 Å². The molecule has 20 heavy (non-hydrogen) atoms. The second kappa shape index (κ2) is 9.01. The van der Waals surface area contributed by atoms with E-state index in [9.17, 15) is 0 Å². The molecule has 0 fully saturated rings. The van der Waals surface area contributed by atoms with Gasteiger partial charge in [-0.05, 0) is 38.0 Å². The van der Waals surface area contributed by atoms with Crippen LogP contribution in [-0.4, -0.2) is 24.8 Å². The van der Waals surface area contributed by atoms with Crippen LogP contribution in [0.2, 0.25) is 0 Å². The lowest BCUT2D eigenvalue weighted by Crippen LogP contribution is -2.50. The van der Waals surface area contributed by atoms with Gasteiger partial charge >= 0.3 is 0 Å². The van der Waals surface area contributed by atoms with Crippen LogP contribution in [0.3, 0.4) is 0 Å². The third kappa shape index (κ3) is 9.73. The molecule has 0 aliphatic rings. The van der Waals surface area contributed by atoms with Crippen LogP contribution in [0.1, 0.15) is 74.7 Å². The fourth-order valence-corrected chi connectivity index (χ4v) is 2.01. The Morgan fingerprint density at radius 3 is 2.05 bits per heavy atom. The summed E-state index contributed by atoms with van der Waals surface area (Å²) in [6.45, 7) is 19.5. The zero-order valence-corrected chi connectivity index (χ0v) is 15.1. The summed E-state index contributed by atoms with van der Waals surface area (Å²) in [6, 6.07) is 0.533. The Morgan fingerprint density at radius 1 is 1.00 bits per heavy atom. The van der Waals surface area contributed by atoms with Gasteiger partial charge in [0.2, 0.25) is 0 Å². The maximum Gasteiger partial charge on any atom is 0.0764 e. The lowest BCUT2D eigenvalue weighted by molar-refractivity contribution is -0.0292. The molecule has 122 valence electrons. The molecule has 0 radical (unpaired) electrons. The molecule has 0 aromatic carbocycles. The van der Waals surface area contributed by atoms with E-state index in [-0.39, 0.29) is 5.60 Å². The number of rotatable bonds is 10. The van der Waals surface area contributed by atoms with Crippen molar-refractivity contribution in [1.82, 2.24) is 10.9 Å². The van der Waals surface area contributed by atoms with Gasteiger partial charge in [0.15, 0.2) is 0 Å². The number of ether oxygens (including phenoxy) is 1. The SMILES string of the molecule is CCC(C)C(CC)NNCC(C)(C)OCCC(C)(C)C. The summed E-state index contributed by atoms with van der Waals surface area (Å²) in [7, 11) is 0. The van der Waals surface area contributed by atoms with Crippen LogP contribution >= 0.6 is 0 Å². The molecule has 0 heterocycles. The second-order valence-electron chi connectivity index (χ2n) is 7.82. The van der Waals surface area contributed by atoms with E-state index in [1.807, 2.05) is 0 Å². The highest BCUT2D eigenvalue weighted by atomic mass is 16.5. The Morgan fingerprint density at radius 2 is 1.60 bits per heavy atom.